The highest BCUT2D eigenvalue weighted by molar-refractivity contribution is 5.14. The highest BCUT2D eigenvalue weighted by Gasteiger charge is 2.42. The molecule has 17 heavy (non-hydrogen) atoms. The van der Waals surface area contributed by atoms with Crippen molar-refractivity contribution in [3.05, 3.63) is 35.9 Å². The third kappa shape index (κ3) is 2.35. The molecule has 0 aliphatic carbocycles. The van der Waals surface area contributed by atoms with Crippen LogP contribution in [0.3, 0.4) is 0 Å². The van der Waals surface area contributed by atoms with Crippen molar-refractivity contribution in [1.29, 1.82) is 0 Å². The van der Waals surface area contributed by atoms with Crippen molar-refractivity contribution in [2.75, 3.05) is 0 Å². The third-order valence-electron chi connectivity index (χ3n) is 3.81. The van der Waals surface area contributed by atoms with E-state index in [1.165, 1.54) is 5.56 Å². The summed E-state index contributed by atoms with van der Waals surface area (Å²) in [6.45, 7) is 0.741. The molecule has 1 aromatic carbocycles. The molecule has 2 saturated heterocycles. The molecule has 0 saturated carbocycles. The van der Waals surface area contributed by atoms with Gasteiger partial charge < -0.3 is 10.1 Å². The Labute approximate surface area is 101 Å². The predicted molar refractivity (Wildman–Crippen MR) is 64.5 cm³/mol. The van der Waals surface area contributed by atoms with E-state index in [2.05, 4.69) is 17.4 Å². The molecule has 2 fully saturated rings. The Morgan fingerprint density at radius 3 is 2.88 bits per heavy atom. The SMILES string of the molecule is F[C@H]1[C@@H](NCc2ccccc2)C[C@H]2CC[C@@H]1O2. The van der Waals surface area contributed by atoms with Crippen LogP contribution < -0.4 is 5.32 Å². The molecule has 4 atom stereocenters. The van der Waals surface area contributed by atoms with Crippen LogP contribution in [0.5, 0.6) is 0 Å². The van der Waals surface area contributed by atoms with Gasteiger partial charge in [-0.25, -0.2) is 4.39 Å². The van der Waals surface area contributed by atoms with Crippen LogP contribution in [0.25, 0.3) is 0 Å². The molecule has 2 nitrogen and oxygen atoms in total. The standard InChI is InChI=1S/C14H18FNO/c15-14-12(8-11-6-7-13(14)17-11)16-9-10-4-2-1-3-5-10/h1-5,11-14,16H,6-9H2/t11-,12+,13+,14+/m1/s1. The highest BCUT2D eigenvalue weighted by atomic mass is 19.1. The van der Waals surface area contributed by atoms with E-state index in [1.807, 2.05) is 18.2 Å². The van der Waals surface area contributed by atoms with Gasteiger partial charge in [0.25, 0.3) is 0 Å². The maximum absolute atomic E-state index is 14.1. The zero-order chi connectivity index (χ0) is 11.7. The van der Waals surface area contributed by atoms with E-state index in [9.17, 15) is 4.39 Å². The summed E-state index contributed by atoms with van der Waals surface area (Å²) in [5.74, 6) is 0. The molecule has 0 unspecified atom stereocenters. The lowest BCUT2D eigenvalue weighted by Gasteiger charge is -2.32. The van der Waals surface area contributed by atoms with Gasteiger partial charge in [0.1, 0.15) is 6.17 Å². The Hall–Kier alpha value is -0.930. The number of ether oxygens (including phenoxy) is 1. The molecular weight excluding hydrogens is 217 g/mol. The van der Waals surface area contributed by atoms with E-state index in [0.717, 1.165) is 25.8 Å². The minimum absolute atomic E-state index is 0.0403. The van der Waals surface area contributed by atoms with Crippen LogP contribution in [0.4, 0.5) is 4.39 Å². The first kappa shape index (κ1) is 11.2. The summed E-state index contributed by atoms with van der Waals surface area (Å²) in [7, 11) is 0. The topological polar surface area (TPSA) is 21.3 Å². The first-order chi connectivity index (χ1) is 8.33. The largest absolute Gasteiger partial charge is 0.372 e. The molecule has 0 radical (unpaired) electrons. The fraction of sp³-hybridized carbons (Fsp3) is 0.571. The summed E-state index contributed by atoms with van der Waals surface area (Å²) >= 11 is 0. The molecule has 2 aliphatic heterocycles. The first-order valence-electron chi connectivity index (χ1n) is 6.40. The smallest absolute Gasteiger partial charge is 0.141 e. The Bertz CT molecular complexity index is 370. The van der Waals surface area contributed by atoms with Crippen molar-refractivity contribution >= 4 is 0 Å². The summed E-state index contributed by atoms with van der Waals surface area (Å²) in [6, 6.07) is 10.1. The average Bonchev–Trinajstić information content (AvgIpc) is 2.78. The Kier molecular flexibility index (Phi) is 3.12. The van der Waals surface area contributed by atoms with E-state index in [-0.39, 0.29) is 18.2 Å². The number of alkyl halides is 1. The summed E-state index contributed by atoms with van der Waals surface area (Å²) in [5.41, 5.74) is 1.21. The fourth-order valence-corrected chi connectivity index (χ4v) is 2.85. The van der Waals surface area contributed by atoms with Gasteiger partial charge in [-0.1, -0.05) is 30.3 Å². The third-order valence-corrected chi connectivity index (χ3v) is 3.81. The molecule has 2 heterocycles. The van der Waals surface area contributed by atoms with Crippen molar-refractivity contribution in [1.82, 2.24) is 5.32 Å². The van der Waals surface area contributed by atoms with Gasteiger partial charge in [-0.3, -0.25) is 0 Å². The Morgan fingerprint density at radius 1 is 1.24 bits per heavy atom. The summed E-state index contributed by atoms with van der Waals surface area (Å²) in [6.07, 6.45) is 1.98. The molecule has 92 valence electrons. The van der Waals surface area contributed by atoms with Gasteiger partial charge in [0.2, 0.25) is 0 Å². The molecule has 0 spiro atoms. The monoisotopic (exact) mass is 235 g/mol. The number of hydrogen-bond acceptors (Lipinski definition) is 2. The molecule has 3 heteroatoms. The van der Waals surface area contributed by atoms with Crippen molar-refractivity contribution in [3.63, 3.8) is 0 Å². The minimum atomic E-state index is -0.850. The number of hydrogen-bond donors (Lipinski definition) is 1. The number of halogens is 1. The molecule has 2 bridgehead atoms. The van der Waals surface area contributed by atoms with Crippen molar-refractivity contribution in [2.45, 2.75) is 50.2 Å². The first-order valence-corrected chi connectivity index (χ1v) is 6.40. The molecule has 2 aliphatic rings. The second-order valence-electron chi connectivity index (χ2n) is 5.03. The Balaban J connectivity index is 1.58. The number of rotatable bonds is 3. The molecule has 0 amide bonds. The van der Waals surface area contributed by atoms with Gasteiger partial charge in [-0.05, 0) is 24.8 Å². The van der Waals surface area contributed by atoms with E-state index < -0.39 is 6.17 Å². The van der Waals surface area contributed by atoms with Crippen LogP contribution in [0.2, 0.25) is 0 Å². The maximum Gasteiger partial charge on any atom is 0.141 e. The average molecular weight is 235 g/mol. The van der Waals surface area contributed by atoms with Crippen LogP contribution in [-0.4, -0.2) is 24.4 Å². The van der Waals surface area contributed by atoms with Gasteiger partial charge >= 0.3 is 0 Å². The van der Waals surface area contributed by atoms with Gasteiger partial charge in [0.05, 0.1) is 12.2 Å². The molecule has 1 aromatic rings. The lowest BCUT2D eigenvalue weighted by molar-refractivity contribution is -0.0609. The number of fused-ring (bicyclic) bond motifs is 2. The van der Waals surface area contributed by atoms with E-state index >= 15 is 0 Å². The normalized spacial score (nSPS) is 36.1. The van der Waals surface area contributed by atoms with E-state index in [1.54, 1.807) is 0 Å². The van der Waals surface area contributed by atoms with Gasteiger partial charge in [-0.2, -0.15) is 0 Å². The van der Waals surface area contributed by atoms with E-state index in [4.69, 9.17) is 4.74 Å². The molecule has 1 N–H and O–H groups in total. The summed E-state index contributed by atoms with van der Waals surface area (Å²) in [5, 5.41) is 3.33. The van der Waals surface area contributed by atoms with Crippen molar-refractivity contribution < 1.29 is 9.13 Å². The molecule has 0 aromatic heterocycles. The summed E-state index contributed by atoms with van der Waals surface area (Å²) < 4.78 is 19.6. The van der Waals surface area contributed by atoms with Gasteiger partial charge in [0, 0.05) is 12.6 Å². The van der Waals surface area contributed by atoms with Crippen molar-refractivity contribution in [3.8, 4) is 0 Å². The number of nitrogens with one attached hydrogen (secondary N) is 1. The second-order valence-corrected chi connectivity index (χ2v) is 5.03. The van der Waals surface area contributed by atoms with Crippen molar-refractivity contribution in [2.24, 2.45) is 0 Å². The lowest BCUT2D eigenvalue weighted by atomic mass is 10.0. The van der Waals surface area contributed by atoms with Gasteiger partial charge in [0.15, 0.2) is 0 Å². The lowest BCUT2D eigenvalue weighted by Crippen LogP contribution is -2.48. The predicted octanol–water partition coefficient (Wildman–Crippen LogP) is 2.43. The minimum Gasteiger partial charge on any atom is -0.372 e. The zero-order valence-electron chi connectivity index (χ0n) is 9.81. The zero-order valence-corrected chi connectivity index (χ0v) is 9.81. The van der Waals surface area contributed by atoms with Crippen LogP contribution >= 0.6 is 0 Å². The quantitative estimate of drug-likeness (QED) is 0.868. The number of benzene rings is 1. The van der Waals surface area contributed by atoms with E-state index in [0.29, 0.717) is 0 Å². The van der Waals surface area contributed by atoms with Crippen LogP contribution in [0.15, 0.2) is 30.3 Å². The van der Waals surface area contributed by atoms with Crippen LogP contribution in [0.1, 0.15) is 24.8 Å². The summed E-state index contributed by atoms with van der Waals surface area (Å²) in [4.78, 5) is 0. The van der Waals surface area contributed by atoms with Crippen LogP contribution in [0, 0.1) is 0 Å². The Morgan fingerprint density at radius 2 is 2.06 bits per heavy atom. The molecule has 3 rings (SSSR count). The van der Waals surface area contributed by atoms with Gasteiger partial charge in [-0.15, -0.1) is 0 Å². The maximum atomic E-state index is 14.1. The fourth-order valence-electron chi connectivity index (χ4n) is 2.85. The highest BCUT2D eigenvalue weighted by Crippen LogP contribution is 2.34. The second kappa shape index (κ2) is 4.75. The molecular formula is C14H18FNO. The van der Waals surface area contributed by atoms with Crippen LogP contribution in [-0.2, 0) is 11.3 Å².